The number of hydrogen-bond acceptors (Lipinski definition) is 4. The summed E-state index contributed by atoms with van der Waals surface area (Å²) in [6.45, 7) is 0. The fraction of sp³-hybridized carbons (Fsp3) is 0. The average molecular weight is 667 g/mol. The van der Waals surface area contributed by atoms with Gasteiger partial charge in [0.15, 0.2) is 0 Å². The van der Waals surface area contributed by atoms with Crippen molar-refractivity contribution in [3.8, 4) is 22.3 Å². The lowest BCUT2D eigenvalue weighted by Gasteiger charge is -2.26. The Hall–Kier alpha value is -7.04. The van der Waals surface area contributed by atoms with Crippen molar-refractivity contribution in [1.29, 1.82) is 0 Å². The Labute approximate surface area is 303 Å². The zero-order chi connectivity index (χ0) is 34.7. The van der Waals surface area contributed by atoms with E-state index in [0.717, 1.165) is 78.2 Å². The molecule has 0 bridgehead atoms. The van der Waals surface area contributed by atoms with Crippen LogP contribution in [0.4, 0.5) is 34.1 Å². The molecule has 0 saturated heterocycles. The molecule has 4 heteroatoms. The minimum absolute atomic E-state index is 0.886. The van der Waals surface area contributed by atoms with Gasteiger partial charge in [-0.1, -0.05) is 109 Å². The molecule has 2 aromatic heterocycles. The lowest BCUT2D eigenvalue weighted by molar-refractivity contribution is 1.28. The molecule has 4 nitrogen and oxygen atoms in total. The first-order valence-electron chi connectivity index (χ1n) is 17.5. The minimum Gasteiger partial charge on any atom is -0.310 e. The van der Waals surface area contributed by atoms with Gasteiger partial charge in [-0.05, 0) is 107 Å². The van der Waals surface area contributed by atoms with Crippen molar-refractivity contribution >= 4 is 55.9 Å². The molecule has 0 fully saturated rings. The fourth-order valence-electron chi connectivity index (χ4n) is 7.16. The molecule has 0 amide bonds. The lowest BCUT2D eigenvalue weighted by Crippen LogP contribution is -2.09. The van der Waals surface area contributed by atoms with E-state index in [9.17, 15) is 0 Å². The number of benzene rings is 7. The summed E-state index contributed by atoms with van der Waals surface area (Å²) in [5, 5.41) is 2.13. The van der Waals surface area contributed by atoms with E-state index in [1.807, 2.05) is 12.4 Å². The van der Waals surface area contributed by atoms with Gasteiger partial charge < -0.3 is 9.80 Å². The number of pyridine rings is 2. The third kappa shape index (κ3) is 5.82. The summed E-state index contributed by atoms with van der Waals surface area (Å²) in [4.78, 5) is 14.4. The van der Waals surface area contributed by atoms with Crippen LogP contribution < -0.4 is 9.80 Å². The molecule has 7 aromatic carbocycles. The average Bonchev–Trinajstić information content (AvgIpc) is 3.22. The molecule has 0 unspecified atom stereocenters. The zero-order valence-corrected chi connectivity index (χ0v) is 28.4. The lowest BCUT2D eigenvalue weighted by atomic mass is 9.96. The molecule has 9 aromatic rings. The van der Waals surface area contributed by atoms with E-state index in [0.29, 0.717) is 0 Å². The van der Waals surface area contributed by atoms with E-state index in [1.54, 1.807) is 0 Å². The van der Waals surface area contributed by atoms with Crippen molar-refractivity contribution in [3.63, 3.8) is 0 Å². The number of aromatic nitrogens is 2. The topological polar surface area (TPSA) is 32.3 Å². The number of para-hydroxylation sites is 4. The molecule has 52 heavy (non-hydrogen) atoms. The SMILES string of the molecule is c1ccc(N(c2ccccc2)c2cccc(-c3ccnc4c3ccc3c(-c5cccc(N(c6ccccc6)c6ccccc6)c5)ccnc34)c2)cc1. The zero-order valence-electron chi connectivity index (χ0n) is 28.4. The summed E-state index contributed by atoms with van der Waals surface area (Å²) >= 11 is 0. The first-order chi connectivity index (χ1) is 25.8. The van der Waals surface area contributed by atoms with Crippen LogP contribution in [0, 0.1) is 0 Å². The molecule has 2 heterocycles. The maximum absolute atomic E-state index is 4.93. The summed E-state index contributed by atoms with van der Waals surface area (Å²) in [7, 11) is 0. The minimum atomic E-state index is 0.886. The van der Waals surface area contributed by atoms with Crippen LogP contribution in [-0.2, 0) is 0 Å². The molecule has 246 valence electrons. The van der Waals surface area contributed by atoms with Gasteiger partial charge in [0.1, 0.15) is 0 Å². The van der Waals surface area contributed by atoms with Crippen molar-refractivity contribution in [2.24, 2.45) is 0 Å². The number of anilines is 6. The quantitative estimate of drug-likeness (QED) is 0.151. The molecular formula is C48H34N4. The number of rotatable bonds is 8. The highest BCUT2D eigenvalue weighted by atomic mass is 15.1. The number of hydrogen-bond donors (Lipinski definition) is 0. The van der Waals surface area contributed by atoms with Gasteiger partial charge >= 0.3 is 0 Å². The van der Waals surface area contributed by atoms with Gasteiger partial charge in [0.25, 0.3) is 0 Å². The normalized spacial score (nSPS) is 11.1. The Morgan fingerprint density at radius 2 is 0.615 bits per heavy atom. The molecule has 0 atom stereocenters. The Morgan fingerprint density at radius 3 is 0.962 bits per heavy atom. The second-order valence-electron chi connectivity index (χ2n) is 12.7. The smallest absolute Gasteiger partial charge is 0.0970 e. The Kier molecular flexibility index (Phi) is 8.16. The highest BCUT2D eigenvalue weighted by Gasteiger charge is 2.17. The largest absolute Gasteiger partial charge is 0.310 e. The first kappa shape index (κ1) is 31.0. The number of nitrogens with zero attached hydrogens (tertiary/aromatic N) is 4. The van der Waals surface area contributed by atoms with Crippen molar-refractivity contribution in [3.05, 3.63) is 207 Å². The summed E-state index contributed by atoms with van der Waals surface area (Å²) in [5.41, 5.74) is 12.8. The molecule has 0 spiro atoms. The van der Waals surface area contributed by atoms with Crippen LogP contribution >= 0.6 is 0 Å². The predicted octanol–water partition coefficient (Wildman–Crippen LogP) is 13.1. The van der Waals surface area contributed by atoms with Crippen LogP contribution in [0.5, 0.6) is 0 Å². The molecule has 0 aliphatic heterocycles. The molecule has 0 aliphatic carbocycles. The van der Waals surface area contributed by atoms with E-state index in [2.05, 4.69) is 204 Å². The second-order valence-corrected chi connectivity index (χ2v) is 12.7. The van der Waals surface area contributed by atoms with Gasteiger partial charge in [0, 0.05) is 57.3 Å². The molecule has 0 saturated carbocycles. The van der Waals surface area contributed by atoms with Gasteiger partial charge in [-0.2, -0.15) is 0 Å². The Bertz CT molecular complexity index is 2360. The fourth-order valence-corrected chi connectivity index (χ4v) is 7.16. The van der Waals surface area contributed by atoms with Crippen molar-refractivity contribution < 1.29 is 0 Å². The first-order valence-corrected chi connectivity index (χ1v) is 17.5. The Balaban J connectivity index is 1.14. The van der Waals surface area contributed by atoms with Crippen LogP contribution in [0.1, 0.15) is 0 Å². The maximum atomic E-state index is 4.93. The maximum Gasteiger partial charge on any atom is 0.0970 e. The van der Waals surface area contributed by atoms with E-state index < -0.39 is 0 Å². The molecule has 0 radical (unpaired) electrons. The third-order valence-corrected chi connectivity index (χ3v) is 9.51. The van der Waals surface area contributed by atoms with Crippen LogP contribution in [0.3, 0.4) is 0 Å². The second kappa shape index (κ2) is 13.7. The van der Waals surface area contributed by atoms with E-state index in [4.69, 9.17) is 9.97 Å². The van der Waals surface area contributed by atoms with E-state index in [1.165, 1.54) is 0 Å². The summed E-state index contributed by atoms with van der Waals surface area (Å²) in [6.07, 6.45) is 3.81. The van der Waals surface area contributed by atoms with Crippen LogP contribution in [0.15, 0.2) is 207 Å². The molecule has 0 aliphatic rings. The summed E-state index contributed by atoms with van der Waals surface area (Å²) < 4.78 is 0. The van der Waals surface area contributed by atoms with Gasteiger partial charge in [-0.3, -0.25) is 9.97 Å². The van der Waals surface area contributed by atoms with Crippen molar-refractivity contribution in [2.75, 3.05) is 9.80 Å². The van der Waals surface area contributed by atoms with Crippen molar-refractivity contribution in [1.82, 2.24) is 9.97 Å². The van der Waals surface area contributed by atoms with Crippen LogP contribution in [-0.4, -0.2) is 9.97 Å². The highest BCUT2D eigenvalue weighted by Crippen LogP contribution is 2.41. The van der Waals surface area contributed by atoms with Gasteiger partial charge in [0.05, 0.1) is 11.0 Å². The predicted molar refractivity (Wildman–Crippen MR) is 217 cm³/mol. The standard InChI is InChI=1S/C48H34N4/c1-5-17-37(18-6-1)51(38-19-7-2-8-20-38)41-25-13-15-35(33-41)43-29-31-49-47-45(43)27-28-46-44(30-32-50-48(46)47)36-16-14-26-42(34-36)52(39-21-9-3-10-22-39)40-23-11-4-12-24-40/h1-34H. The number of fused-ring (bicyclic) bond motifs is 3. The Morgan fingerprint density at radius 1 is 0.288 bits per heavy atom. The van der Waals surface area contributed by atoms with Crippen LogP contribution in [0.2, 0.25) is 0 Å². The monoisotopic (exact) mass is 666 g/mol. The van der Waals surface area contributed by atoms with E-state index in [-0.39, 0.29) is 0 Å². The van der Waals surface area contributed by atoms with Gasteiger partial charge in [-0.15, -0.1) is 0 Å². The molecule has 9 rings (SSSR count). The summed E-state index contributed by atoms with van der Waals surface area (Å²) in [6, 6.07) is 68.1. The third-order valence-electron chi connectivity index (χ3n) is 9.51. The van der Waals surface area contributed by atoms with Gasteiger partial charge in [-0.25, -0.2) is 0 Å². The molecule has 0 N–H and O–H groups in total. The van der Waals surface area contributed by atoms with Crippen LogP contribution in [0.25, 0.3) is 44.1 Å². The van der Waals surface area contributed by atoms with E-state index >= 15 is 0 Å². The van der Waals surface area contributed by atoms with Gasteiger partial charge in [0.2, 0.25) is 0 Å². The van der Waals surface area contributed by atoms with Crippen molar-refractivity contribution in [2.45, 2.75) is 0 Å². The summed E-state index contributed by atoms with van der Waals surface area (Å²) in [5.74, 6) is 0. The highest BCUT2D eigenvalue weighted by molar-refractivity contribution is 6.12. The molecular weight excluding hydrogens is 633 g/mol.